The van der Waals surface area contributed by atoms with Crippen molar-refractivity contribution >= 4 is 45.3 Å². The van der Waals surface area contributed by atoms with E-state index >= 15 is 0 Å². The largest absolute Gasteiger partial charge is 0.477 e. The third kappa shape index (κ3) is 1.72. The Morgan fingerprint density at radius 2 is 2.50 bits per heavy atom. The molecule has 0 aromatic carbocycles. The van der Waals surface area contributed by atoms with E-state index in [0.717, 1.165) is 0 Å². The van der Waals surface area contributed by atoms with E-state index in [0.29, 0.717) is 10.9 Å². The molecule has 0 aliphatic carbocycles. The number of hydrogen-bond acceptors (Lipinski definition) is 3. The summed E-state index contributed by atoms with van der Waals surface area (Å²) in [5, 5.41) is 8.78. The third-order valence-corrected chi connectivity index (χ3v) is 3.81. The molecule has 1 aliphatic rings. The van der Waals surface area contributed by atoms with Crippen molar-refractivity contribution in [2.45, 2.75) is 11.2 Å². The Balaban J connectivity index is 2.92. The molecule has 0 fully saturated rings. The number of carbonyl (C=O) groups is 1. The van der Waals surface area contributed by atoms with Gasteiger partial charge in [-0.25, -0.2) is 4.79 Å². The number of rotatable bonds is 2. The summed E-state index contributed by atoms with van der Waals surface area (Å²) in [7, 11) is 0. The second kappa shape index (κ2) is 3.89. The predicted molar refractivity (Wildman–Crippen MR) is 53.2 cm³/mol. The number of carboxylic acids is 1. The van der Waals surface area contributed by atoms with Crippen molar-refractivity contribution in [3.63, 3.8) is 0 Å². The molecule has 0 saturated carbocycles. The van der Waals surface area contributed by atoms with Gasteiger partial charge in [0.1, 0.15) is 14.3 Å². The SMILES string of the molecule is CCN1C(C(=O)O)=C(Cl)SC1Br. The van der Waals surface area contributed by atoms with Crippen molar-refractivity contribution < 1.29 is 9.90 Å². The number of alkyl halides is 1. The van der Waals surface area contributed by atoms with Crippen molar-refractivity contribution in [2.75, 3.05) is 6.54 Å². The number of nitrogens with zero attached hydrogens (tertiary/aromatic N) is 1. The maximum Gasteiger partial charge on any atom is 0.354 e. The molecule has 1 N–H and O–H groups in total. The molecule has 0 aromatic rings. The molecule has 0 amide bonds. The van der Waals surface area contributed by atoms with Crippen LogP contribution in [0.4, 0.5) is 0 Å². The first-order valence-corrected chi connectivity index (χ1v) is 5.45. The summed E-state index contributed by atoms with van der Waals surface area (Å²) in [4.78, 5) is 12.4. The van der Waals surface area contributed by atoms with Crippen LogP contribution in [-0.2, 0) is 4.79 Å². The Morgan fingerprint density at radius 1 is 1.92 bits per heavy atom. The van der Waals surface area contributed by atoms with Crippen molar-refractivity contribution in [1.82, 2.24) is 4.90 Å². The fourth-order valence-corrected chi connectivity index (χ4v) is 3.62. The van der Waals surface area contributed by atoms with E-state index in [1.807, 2.05) is 6.92 Å². The number of halogens is 2. The molecular weight excluding hydrogens is 265 g/mol. The van der Waals surface area contributed by atoms with Crippen LogP contribution in [0.25, 0.3) is 0 Å². The van der Waals surface area contributed by atoms with E-state index in [2.05, 4.69) is 15.9 Å². The van der Waals surface area contributed by atoms with Crippen LogP contribution in [0.15, 0.2) is 10.1 Å². The molecule has 6 heteroatoms. The summed E-state index contributed by atoms with van der Waals surface area (Å²) < 4.78 is 0.285. The molecule has 12 heavy (non-hydrogen) atoms. The highest BCUT2D eigenvalue weighted by Crippen LogP contribution is 2.42. The lowest BCUT2D eigenvalue weighted by Gasteiger charge is -2.20. The zero-order valence-corrected chi connectivity index (χ0v) is 9.41. The second-order valence-corrected chi connectivity index (χ2v) is 5.29. The summed E-state index contributed by atoms with van der Waals surface area (Å²) in [5.74, 6) is -0.976. The molecule has 0 bridgehead atoms. The lowest BCUT2D eigenvalue weighted by molar-refractivity contribution is -0.134. The van der Waals surface area contributed by atoms with E-state index in [9.17, 15) is 4.79 Å². The van der Waals surface area contributed by atoms with Crippen LogP contribution in [0.1, 0.15) is 6.92 Å². The van der Waals surface area contributed by atoms with Gasteiger partial charge in [-0.05, 0) is 6.92 Å². The van der Waals surface area contributed by atoms with E-state index in [-0.39, 0.29) is 9.98 Å². The maximum atomic E-state index is 10.7. The second-order valence-electron chi connectivity index (χ2n) is 2.12. The van der Waals surface area contributed by atoms with Crippen molar-refractivity contribution in [3.8, 4) is 0 Å². The molecule has 1 atom stereocenters. The molecule has 0 saturated heterocycles. The molecule has 1 rings (SSSR count). The highest BCUT2D eigenvalue weighted by atomic mass is 79.9. The lowest BCUT2D eigenvalue weighted by Crippen LogP contribution is -2.27. The first-order chi connectivity index (χ1) is 5.57. The summed E-state index contributed by atoms with van der Waals surface area (Å²) in [5.41, 5.74) is 0.186. The molecule has 0 aromatic heterocycles. The molecule has 1 aliphatic heterocycles. The average molecular weight is 273 g/mol. The number of likely N-dealkylation sites (N-methyl/N-ethyl adjacent to an activating group) is 1. The van der Waals surface area contributed by atoms with Gasteiger partial charge in [0.25, 0.3) is 0 Å². The van der Waals surface area contributed by atoms with Crippen molar-refractivity contribution in [1.29, 1.82) is 0 Å². The summed E-state index contributed by atoms with van der Waals surface area (Å²) in [6.07, 6.45) is 0. The molecule has 1 unspecified atom stereocenters. The van der Waals surface area contributed by atoms with Gasteiger partial charge in [-0.15, -0.1) is 0 Å². The van der Waals surface area contributed by atoms with Gasteiger partial charge >= 0.3 is 5.97 Å². The topological polar surface area (TPSA) is 40.5 Å². The first kappa shape index (κ1) is 10.2. The molecule has 0 spiro atoms. The van der Waals surface area contributed by atoms with Gasteiger partial charge in [0.2, 0.25) is 0 Å². The van der Waals surface area contributed by atoms with E-state index in [1.54, 1.807) is 4.90 Å². The zero-order valence-electron chi connectivity index (χ0n) is 6.25. The molecule has 3 nitrogen and oxygen atoms in total. The van der Waals surface area contributed by atoms with E-state index in [1.165, 1.54) is 11.8 Å². The Morgan fingerprint density at radius 3 is 2.83 bits per heavy atom. The van der Waals surface area contributed by atoms with E-state index < -0.39 is 5.97 Å². The van der Waals surface area contributed by atoms with Crippen LogP contribution in [0, 0.1) is 0 Å². The third-order valence-electron chi connectivity index (χ3n) is 1.46. The number of hydrogen-bond donors (Lipinski definition) is 1. The first-order valence-electron chi connectivity index (χ1n) is 3.28. The van der Waals surface area contributed by atoms with Crippen molar-refractivity contribution in [3.05, 3.63) is 10.1 Å². The van der Waals surface area contributed by atoms with Crippen LogP contribution in [0.5, 0.6) is 0 Å². The van der Waals surface area contributed by atoms with Crippen LogP contribution in [-0.4, -0.2) is 26.8 Å². The van der Waals surface area contributed by atoms with Gasteiger partial charge in [0, 0.05) is 6.54 Å². The predicted octanol–water partition coefficient (Wildman–Crippen LogP) is 2.23. The highest BCUT2D eigenvalue weighted by molar-refractivity contribution is 9.11. The van der Waals surface area contributed by atoms with Crippen molar-refractivity contribution in [2.24, 2.45) is 0 Å². The van der Waals surface area contributed by atoms with Gasteiger partial charge in [0.15, 0.2) is 0 Å². The molecule has 68 valence electrons. The summed E-state index contributed by atoms with van der Waals surface area (Å²) in [6, 6.07) is 0. The Hall–Kier alpha value is 0.130. The highest BCUT2D eigenvalue weighted by Gasteiger charge is 2.33. The van der Waals surface area contributed by atoms with Crippen LogP contribution >= 0.6 is 39.3 Å². The Kier molecular flexibility index (Phi) is 3.31. The summed E-state index contributed by atoms with van der Waals surface area (Å²) in [6.45, 7) is 2.51. The lowest BCUT2D eigenvalue weighted by atomic mass is 10.4. The smallest absolute Gasteiger partial charge is 0.354 e. The molecule has 0 radical (unpaired) electrons. The fraction of sp³-hybridized carbons (Fsp3) is 0.500. The molecular formula is C6H7BrClNO2S. The van der Waals surface area contributed by atoms with Gasteiger partial charge in [-0.2, -0.15) is 0 Å². The van der Waals surface area contributed by atoms with Gasteiger partial charge in [-0.1, -0.05) is 39.3 Å². The average Bonchev–Trinajstić information content (AvgIpc) is 2.24. The minimum absolute atomic E-state index is 0.0545. The Bertz CT molecular complexity index is 246. The maximum absolute atomic E-state index is 10.7. The monoisotopic (exact) mass is 271 g/mol. The van der Waals surface area contributed by atoms with Crippen LogP contribution in [0.2, 0.25) is 0 Å². The fourth-order valence-electron chi connectivity index (χ4n) is 0.928. The van der Waals surface area contributed by atoms with E-state index in [4.69, 9.17) is 16.7 Å². The van der Waals surface area contributed by atoms with Gasteiger partial charge < -0.3 is 10.0 Å². The number of thioether (sulfide) groups is 1. The number of carboxylic acid groups (broad SMARTS) is 1. The normalized spacial score (nSPS) is 23.6. The van der Waals surface area contributed by atoms with Crippen LogP contribution in [0.3, 0.4) is 0 Å². The van der Waals surface area contributed by atoms with Gasteiger partial charge in [0.05, 0.1) is 0 Å². The zero-order chi connectivity index (χ0) is 9.30. The summed E-state index contributed by atoms with van der Waals surface area (Å²) >= 11 is 10.3. The minimum Gasteiger partial charge on any atom is -0.477 e. The van der Waals surface area contributed by atoms with Crippen LogP contribution < -0.4 is 0 Å². The molecule has 1 heterocycles. The van der Waals surface area contributed by atoms with Gasteiger partial charge in [-0.3, -0.25) is 0 Å². The quantitative estimate of drug-likeness (QED) is 0.618. The minimum atomic E-state index is -0.976. The standard InChI is InChI=1S/C6H7BrClNO2S/c1-2-9-3(5(10)11)4(8)12-6(9)7/h6H,2H2,1H3,(H,10,11). The Labute approximate surface area is 87.9 Å². The number of aliphatic carboxylic acids is 1.